The highest BCUT2D eigenvalue weighted by Gasteiger charge is 2.18. The quantitative estimate of drug-likeness (QED) is 0.335. The maximum absolute atomic E-state index is 13.2. The molecule has 0 aliphatic heterocycles. The first-order valence-electron chi connectivity index (χ1n) is 10.1. The molecular weight excluding hydrogens is 457 g/mol. The summed E-state index contributed by atoms with van der Waals surface area (Å²) in [5.74, 6) is -0.464. The van der Waals surface area contributed by atoms with Crippen molar-refractivity contribution >= 4 is 44.2 Å². The van der Waals surface area contributed by atoms with E-state index in [4.69, 9.17) is 0 Å². The lowest BCUT2D eigenvalue weighted by molar-refractivity contribution is 0.102. The normalized spacial score (nSPS) is 11.5. The van der Waals surface area contributed by atoms with Crippen molar-refractivity contribution in [1.29, 1.82) is 0 Å². The van der Waals surface area contributed by atoms with Gasteiger partial charge >= 0.3 is 0 Å². The maximum atomic E-state index is 13.2. The van der Waals surface area contributed by atoms with E-state index in [1.54, 1.807) is 23.5 Å². The fraction of sp³-hybridized carbons (Fsp3) is 0.0417. The molecule has 1 N–H and O–H groups in total. The highest BCUT2D eigenvalue weighted by atomic mass is 32.1. The number of amides is 1. The van der Waals surface area contributed by atoms with Crippen LogP contribution in [0.4, 0.5) is 10.1 Å². The maximum Gasteiger partial charge on any atom is 0.267 e. The van der Waals surface area contributed by atoms with E-state index in [1.165, 1.54) is 23.5 Å². The van der Waals surface area contributed by atoms with Crippen molar-refractivity contribution in [3.8, 4) is 22.5 Å². The number of halogens is 1. The van der Waals surface area contributed by atoms with E-state index in [1.807, 2.05) is 64.0 Å². The number of thiazole rings is 2. The van der Waals surface area contributed by atoms with Crippen LogP contribution >= 0.6 is 22.7 Å². The number of aromatic nitrogens is 4. The average molecular weight is 474 g/mol. The molecule has 2 aromatic carbocycles. The van der Waals surface area contributed by atoms with Crippen LogP contribution in [0.3, 0.4) is 0 Å². The van der Waals surface area contributed by atoms with E-state index < -0.39 is 0 Å². The first-order chi connectivity index (χ1) is 16.0. The molecule has 0 atom stereocenters. The van der Waals surface area contributed by atoms with Crippen molar-refractivity contribution in [3.05, 3.63) is 88.9 Å². The number of nitrogens with one attached hydrogen (secondary N) is 1. The van der Waals surface area contributed by atoms with Gasteiger partial charge in [-0.05, 0) is 43.3 Å². The number of hydrogen-bond acceptors (Lipinski definition) is 5. The van der Waals surface area contributed by atoms with Gasteiger partial charge in [-0.2, -0.15) is 0 Å². The number of benzene rings is 2. The monoisotopic (exact) mass is 473 g/mol. The van der Waals surface area contributed by atoms with E-state index in [0.29, 0.717) is 15.5 Å². The van der Waals surface area contributed by atoms with Crippen LogP contribution in [0.2, 0.25) is 0 Å². The Hall–Kier alpha value is -3.82. The summed E-state index contributed by atoms with van der Waals surface area (Å²) in [4.78, 5) is 24.4. The molecule has 6 nitrogen and oxygen atoms in total. The van der Waals surface area contributed by atoms with Crippen LogP contribution in [0, 0.1) is 12.7 Å². The molecule has 6 rings (SSSR count). The van der Waals surface area contributed by atoms with Gasteiger partial charge in [0.1, 0.15) is 10.7 Å². The highest BCUT2D eigenvalue weighted by Crippen LogP contribution is 2.28. The second-order valence-electron chi connectivity index (χ2n) is 7.55. The van der Waals surface area contributed by atoms with Crippen molar-refractivity contribution in [2.24, 2.45) is 0 Å². The number of carbonyl (C=O) groups is 1. The molecule has 4 heterocycles. The van der Waals surface area contributed by atoms with Gasteiger partial charge in [0.2, 0.25) is 0 Å². The Morgan fingerprint density at radius 1 is 0.939 bits per heavy atom. The molecule has 162 valence electrons. The number of anilines is 1. The zero-order chi connectivity index (χ0) is 22.5. The molecule has 6 aromatic rings. The van der Waals surface area contributed by atoms with Gasteiger partial charge in [0, 0.05) is 46.5 Å². The summed E-state index contributed by atoms with van der Waals surface area (Å²) in [6, 6.07) is 13.9. The van der Waals surface area contributed by atoms with E-state index in [-0.39, 0.29) is 11.7 Å². The fourth-order valence-corrected chi connectivity index (χ4v) is 5.40. The third-order valence-electron chi connectivity index (χ3n) is 5.43. The van der Waals surface area contributed by atoms with Crippen LogP contribution < -0.4 is 5.32 Å². The van der Waals surface area contributed by atoms with Crippen LogP contribution in [0.25, 0.3) is 32.4 Å². The zero-order valence-electron chi connectivity index (χ0n) is 17.3. The summed E-state index contributed by atoms with van der Waals surface area (Å²) in [6.45, 7) is 1.89. The first kappa shape index (κ1) is 19.8. The molecule has 0 aliphatic rings. The minimum Gasteiger partial charge on any atom is -0.321 e. The Morgan fingerprint density at radius 2 is 1.61 bits per heavy atom. The molecule has 0 aliphatic carbocycles. The Labute approximate surface area is 195 Å². The molecule has 0 bridgehead atoms. The van der Waals surface area contributed by atoms with Gasteiger partial charge in [0.25, 0.3) is 5.91 Å². The van der Waals surface area contributed by atoms with Crippen LogP contribution in [0.1, 0.15) is 15.4 Å². The van der Waals surface area contributed by atoms with E-state index >= 15 is 0 Å². The number of fused-ring (bicyclic) bond motifs is 2. The third kappa shape index (κ3) is 3.51. The van der Waals surface area contributed by atoms with E-state index in [2.05, 4.69) is 15.3 Å². The minimum atomic E-state index is -0.285. The van der Waals surface area contributed by atoms with Crippen LogP contribution in [-0.4, -0.2) is 24.7 Å². The number of carbonyl (C=O) groups excluding carboxylic acids is 1. The second kappa shape index (κ2) is 7.65. The van der Waals surface area contributed by atoms with Gasteiger partial charge in [-0.15, -0.1) is 11.3 Å². The standard InChI is InChI=1S/C24H16FN5OS2/c1-14-21(33-24-28-20(13-30(14)24)15-2-6-17(25)7-3-15)22(31)26-18-8-4-16(5-9-18)19-12-29-10-11-32-23(29)27-19/h2-13H,1H3,(H,26,31). The number of hydrogen-bond donors (Lipinski definition) is 1. The van der Waals surface area contributed by atoms with Crippen LogP contribution in [0.5, 0.6) is 0 Å². The number of imidazole rings is 2. The summed E-state index contributed by atoms with van der Waals surface area (Å²) >= 11 is 2.92. The molecule has 0 saturated heterocycles. The number of nitrogens with zero attached hydrogens (tertiary/aromatic N) is 4. The van der Waals surface area contributed by atoms with Crippen molar-refractivity contribution in [2.75, 3.05) is 5.32 Å². The predicted octanol–water partition coefficient (Wildman–Crippen LogP) is 6.14. The van der Waals surface area contributed by atoms with Crippen molar-refractivity contribution < 1.29 is 9.18 Å². The lowest BCUT2D eigenvalue weighted by Crippen LogP contribution is -2.11. The van der Waals surface area contributed by atoms with Gasteiger partial charge in [0.05, 0.1) is 11.4 Å². The van der Waals surface area contributed by atoms with Crippen molar-refractivity contribution in [3.63, 3.8) is 0 Å². The molecule has 0 saturated carbocycles. The summed E-state index contributed by atoms with van der Waals surface area (Å²) in [5.41, 5.74) is 4.97. The molecule has 9 heteroatoms. The smallest absolute Gasteiger partial charge is 0.267 e. The van der Waals surface area contributed by atoms with Gasteiger partial charge in [-0.3, -0.25) is 13.6 Å². The predicted molar refractivity (Wildman–Crippen MR) is 130 cm³/mol. The molecule has 0 radical (unpaired) electrons. The highest BCUT2D eigenvalue weighted by molar-refractivity contribution is 7.19. The zero-order valence-corrected chi connectivity index (χ0v) is 19.0. The average Bonchev–Trinajstić information content (AvgIpc) is 3.56. The third-order valence-corrected chi connectivity index (χ3v) is 7.36. The van der Waals surface area contributed by atoms with Gasteiger partial charge in [-0.25, -0.2) is 14.4 Å². The first-order valence-corrected chi connectivity index (χ1v) is 11.8. The Balaban J connectivity index is 1.22. The van der Waals surface area contributed by atoms with E-state index in [0.717, 1.165) is 33.2 Å². The van der Waals surface area contributed by atoms with Crippen LogP contribution in [0.15, 0.2) is 72.5 Å². The van der Waals surface area contributed by atoms with Crippen LogP contribution in [-0.2, 0) is 0 Å². The Kier molecular flexibility index (Phi) is 4.60. The summed E-state index contributed by atoms with van der Waals surface area (Å²) in [5, 5.41) is 4.97. The SMILES string of the molecule is Cc1c(C(=O)Nc2ccc(-c3cn4ccsc4n3)cc2)sc2nc(-c3ccc(F)cc3)cn12. The summed E-state index contributed by atoms with van der Waals surface area (Å²) in [6.07, 6.45) is 5.84. The van der Waals surface area contributed by atoms with Crippen molar-refractivity contribution in [2.45, 2.75) is 6.92 Å². The molecule has 0 unspecified atom stereocenters. The van der Waals surface area contributed by atoms with E-state index in [9.17, 15) is 9.18 Å². The summed E-state index contributed by atoms with van der Waals surface area (Å²) < 4.78 is 17.1. The Morgan fingerprint density at radius 3 is 2.30 bits per heavy atom. The molecule has 0 spiro atoms. The van der Waals surface area contributed by atoms with Gasteiger partial charge < -0.3 is 5.32 Å². The Bertz CT molecular complexity index is 1590. The number of rotatable bonds is 4. The lowest BCUT2D eigenvalue weighted by Gasteiger charge is -2.05. The topological polar surface area (TPSA) is 63.7 Å². The van der Waals surface area contributed by atoms with Crippen molar-refractivity contribution in [1.82, 2.24) is 18.8 Å². The lowest BCUT2D eigenvalue weighted by atomic mass is 10.1. The van der Waals surface area contributed by atoms with Gasteiger partial charge in [-0.1, -0.05) is 23.5 Å². The molecule has 1 amide bonds. The number of aryl methyl sites for hydroxylation is 1. The molecule has 33 heavy (non-hydrogen) atoms. The molecular formula is C24H16FN5OS2. The van der Waals surface area contributed by atoms with Gasteiger partial charge in [0.15, 0.2) is 9.92 Å². The molecule has 4 aromatic heterocycles. The molecule has 0 fully saturated rings. The fourth-order valence-electron chi connectivity index (χ4n) is 3.70. The summed E-state index contributed by atoms with van der Waals surface area (Å²) in [7, 11) is 0. The second-order valence-corrected chi connectivity index (χ2v) is 9.40. The minimum absolute atomic E-state index is 0.179. The largest absolute Gasteiger partial charge is 0.321 e.